The van der Waals surface area contributed by atoms with E-state index in [4.69, 9.17) is 4.74 Å². The zero-order chi connectivity index (χ0) is 9.40. The third-order valence-corrected chi connectivity index (χ3v) is 1.23. The topological polar surface area (TPSA) is 29.5 Å². The summed E-state index contributed by atoms with van der Waals surface area (Å²) >= 11 is 0. The van der Waals surface area contributed by atoms with Crippen molar-refractivity contribution in [2.24, 2.45) is 0 Å². The Balaban J connectivity index is 3.58. The molecule has 0 unspecified atom stereocenters. The number of nitrogens with zero attached hydrogens (tertiary/aromatic N) is 1. The first-order chi connectivity index (χ1) is 5.70. The van der Waals surface area contributed by atoms with Crippen LogP contribution in [0, 0.1) is 11.8 Å². The summed E-state index contributed by atoms with van der Waals surface area (Å²) in [6, 6.07) is 0. The van der Waals surface area contributed by atoms with Gasteiger partial charge in [0.15, 0.2) is 0 Å². The van der Waals surface area contributed by atoms with Crippen LogP contribution in [0.25, 0.3) is 0 Å². The monoisotopic (exact) mass is 169 g/mol. The average Bonchev–Trinajstić information content (AvgIpc) is 2.01. The summed E-state index contributed by atoms with van der Waals surface area (Å²) in [6.45, 7) is 4.92. The van der Waals surface area contributed by atoms with Crippen LogP contribution in [0.3, 0.4) is 0 Å². The Kier molecular flexibility index (Phi) is 6.12. The molecule has 0 saturated carbocycles. The molecule has 3 heteroatoms. The van der Waals surface area contributed by atoms with E-state index in [1.165, 1.54) is 0 Å². The number of rotatable bonds is 4. The Morgan fingerprint density at radius 1 is 1.58 bits per heavy atom. The summed E-state index contributed by atoms with van der Waals surface area (Å²) in [5.41, 5.74) is 0. The zero-order valence-electron chi connectivity index (χ0n) is 7.89. The summed E-state index contributed by atoms with van der Waals surface area (Å²) in [5.74, 6) is 5.43. The number of likely N-dealkylation sites (N-methyl/N-ethyl adjacent to an activating group) is 1. The van der Waals surface area contributed by atoms with Crippen LogP contribution in [0.15, 0.2) is 0 Å². The molecule has 0 amide bonds. The van der Waals surface area contributed by atoms with Gasteiger partial charge in [0.1, 0.15) is 0 Å². The standard InChI is InChI=1S/C9H15NO2/c1-4-6-7-10(3)8-9(11)12-5-2/h5,7-8H2,1-3H3. The fourth-order valence-electron chi connectivity index (χ4n) is 0.697. The number of hydrogen-bond acceptors (Lipinski definition) is 3. The maximum absolute atomic E-state index is 10.9. The van der Waals surface area contributed by atoms with Gasteiger partial charge < -0.3 is 4.74 Å². The van der Waals surface area contributed by atoms with Crippen molar-refractivity contribution in [2.75, 3.05) is 26.7 Å². The molecule has 0 spiro atoms. The lowest BCUT2D eigenvalue weighted by atomic mass is 10.5. The van der Waals surface area contributed by atoms with Gasteiger partial charge in [0.2, 0.25) is 0 Å². The molecule has 68 valence electrons. The highest BCUT2D eigenvalue weighted by atomic mass is 16.5. The summed E-state index contributed by atoms with van der Waals surface area (Å²) in [6.07, 6.45) is 0. The Bertz CT molecular complexity index is 190. The van der Waals surface area contributed by atoms with Crippen LogP contribution in [-0.2, 0) is 9.53 Å². The summed E-state index contributed by atoms with van der Waals surface area (Å²) in [7, 11) is 1.83. The zero-order valence-corrected chi connectivity index (χ0v) is 7.89. The lowest BCUT2D eigenvalue weighted by Gasteiger charge is -2.11. The van der Waals surface area contributed by atoms with E-state index >= 15 is 0 Å². The van der Waals surface area contributed by atoms with E-state index in [2.05, 4.69) is 11.8 Å². The van der Waals surface area contributed by atoms with E-state index in [0.717, 1.165) is 0 Å². The molecule has 0 bridgehead atoms. The first kappa shape index (κ1) is 11.0. The van der Waals surface area contributed by atoms with Crippen LogP contribution in [0.2, 0.25) is 0 Å². The molecule has 0 aromatic heterocycles. The van der Waals surface area contributed by atoms with Crippen molar-refractivity contribution in [1.29, 1.82) is 0 Å². The van der Waals surface area contributed by atoms with Gasteiger partial charge in [0, 0.05) is 0 Å². The second kappa shape index (κ2) is 6.68. The third-order valence-electron chi connectivity index (χ3n) is 1.23. The van der Waals surface area contributed by atoms with Crippen molar-refractivity contribution in [1.82, 2.24) is 4.90 Å². The molecule has 0 aromatic carbocycles. The minimum Gasteiger partial charge on any atom is -0.465 e. The lowest BCUT2D eigenvalue weighted by Crippen LogP contribution is -2.27. The van der Waals surface area contributed by atoms with Crippen molar-refractivity contribution in [2.45, 2.75) is 13.8 Å². The molecule has 0 N–H and O–H groups in total. The van der Waals surface area contributed by atoms with Crippen molar-refractivity contribution >= 4 is 5.97 Å². The maximum atomic E-state index is 10.9. The highest BCUT2D eigenvalue weighted by molar-refractivity contribution is 5.71. The second-order valence-electron chi connectivity index (χ2n) is 2.40. The molecule has 0 heterocycles. The number of carbonyl (C=O) groups excluding carboxylic acids is 1. The predicted octanol–water partition coefficient (Wildman–Crippen LogP) is 0.505. The molecule has 12 heavy (non-hydrogen) atoms. The molecule has 0 saturated heterocycles. The van der Waals surface area contributed by atoms with Crippen LogP contribution in [0.1, 0.15) is 13.8 Å². The van der Waals surface area contributed by atoms with E-state index in [9.17, 15) is 4.79 Å². The van der Waals surface area contributed by atoms with Gasteiger partial charge in [-0.25, -0.2) is 0 Å². The number of hydrogen-bond donors (Lipinski definition) is 0. The number of ether oxygens (including phenoxy) is 1. The smallest absolute Gasteiger partial charge is 0.320 e. The van der Waals surface area contributed by atoms with Gasteiger partial charge >= 0.3 is 5.97 Å². The van der Waals surface area contributed by atoms with E-state index in [1.54, 1.807) is 13.8 Å². The molecular weight excluding hydrogens is 154 g/mol. The van der Waals surface area contributed by atoms with Crippen molar-refractivity contribution in [3.63, 3.8) is 0 Å². The molecule has 0 aliphatic heterocycles. The highest BCUT2D eigenvalue weighted by Gasteiger charge is 2.04. The molecule has 0 atom stereocenters. The second-order valence-corrected chi connectivity index (χ2v) is 2.40. The van der Waals surface area contributed by atoms with E-state index in [0.29, 0.717) is 19.7 Å². The van der Waals surface area contributed by atoms with Gasteiger partial charge in [0.25, 0.3) is 0 Å². The number of carbonyl (C=O) groups is 1. The first-order valence-corrected chi connectivity index (χ1v) is 3.94. The molecule has 3 nitrogen and oxygen atoms in total. The van der Waals surface area contributed by atoms with E-state index in [1.807, 2.05) is 11.9 Å². The Labute approximate surface area is 73.7 Å². The van der Waals surface area contributed by atoms with Gasteiger partial charge in [-0.2, -0.15) is 0 Å². The Morgan fingerprint density at radius 3 is 2.75 bits per heavy atom. The van der Waals surface area contributed by atoms with E-state index < -0.39 is 0 Å². The van der Waals surface area contributed by atoms with Gasteiger partial charge in [-0.15, -0.1) is 5.92 Å². The third kappa shape index (κ3) is 5.75. The Hall–Kier alpha value is -1.01. The summed E-state index contributed by atoms with van der Waals surface area (Å²) in [5, 5.41) is 0. The SMILES string of the molecule is CC#CCN(C)CC(=O)OCC. The van der Waals surface area contributed by atoms with Crippen LogP contribution in [-0.4, -0.2) is 37.6 Å². The summed E-state index contributed by atoms with van der Waals surface area (Å²) < 4.78 is 4.76. The minimum atomic E-state index is -0.196. The van der Waals surface area contributed by atoms with Crippen LogP contribution >= 0.6 is 0 Å². The molecule has 0 rings (SSSR count). The maximum Gasteiger partial charge on any atom is 0.320 e. The lowest BCUT2D eigenvalue weighted by molar-refractivity contribution is -0.143. The molecule has 0 aromatic rings. The molecular formula is C9H15NO2. The quantitative estimate of drug-likeness (QED) is 0.453. The van der Waals surface area contributed by atoms with Crippen molar-refractivity contribution in [3.05, 3.63) is 0 Å². The largest absolute Gasteiger partial charge is 0.465 e. The Morgan fingerprint density at radius 2 is 2.25 bits per heavy atom. The molecule has 0 radical (unpaired) electrons. The van der Waals surface area contributed by atoms with Gasteiger partial charge in [0.05, 0.1) is 19.7 Å². The summed E-state index contributed by atoms with van der Waals surface area (Å²) in [4.78, 5) is 12.7. The van der Waals surface area contributed by atoms with Crippen LogP contribution < -0.4 is 0 Å². The van der Waals surface area contributed by atoms with Gasteiger partial charge in [-0.3, -0.25) is 9.69 Å². The minimum absolute atomic E-state index is 0.196. The normalized spacial score (nSPS) is 9.00. The molecule has 0 fully saturated rings. The molecule has 0 aliphatic carbocycles. The predicted molar refractivity (Wildman–Crippen MR) is 47.6 cm³/mol. The van der Waals surface area contributed by atoms with E-state index in [-0.39, 0.29) is 5.97 Å². The number of esters is 1. The van der Waals surface area contributed by atoms with Crippen LogP contribution in [0.5, 0.6) is 0 Å². The fraction of sp³-hybridized carbons (Fsp3) is 0.667. The average molecular weight is 169 g/mol. The van der Waals surface area contributed by atoms with Gasteiger partial charge in [-0.05, 0) is 20.9 Å². The highest BCUT2D eigenvalue weighted by Crippen LogP contribution is 1.84. The first-order valence-electron chi connectivity index (χ1n) is 3.94. The fourth-order valence-corrected chi connectivity index (χ4v) is 0.697. The van der Waals surface area contributed by atoms with Crippen molar-refractivity contribution < 1.29 is 9.53 Å². The van der Waals surface area contributed by atoms with Gasteiger partial charge in [-0.1, -0.05) is 5.92 Å². The van der Waals surface area contributed by atoms with Crippen LogP contribution in [0.4, 0.5) is 0 Å². The van der Waals surface area contributed by atoms with Crippen molar-refractivity contribution in [3.8, 4) is 11.8 Å². The molecule has 0 aliphatic rings.